The van der Waals surface area contributed by atoms with Crippen LogP contribution in [-0.4, -0.2) is 174 Å². The predicted molar refractivity (Wildman–Crippen MR) is 389 cm³/mol. The molecule has 3 saturated heterocycles. The number of nitrogen functional groups attached to an aromatic ring is 1. The fraction of sp³-hybridized carbons (Fsp3) is 0.385. The van der Waals surface area contributed by atoms with Gasteiger partial charge in [-0.25, -0.2) is 29.9 Å². The van der Waals surface area contributed by atoms with E-state index < -0.39 is 80.3 Å². The molecule has 3 aliphatic heterocycles. The highest BCUT2D eigenvalue weighted by atomic mass is 32.4. The van der Waals surface area contributed by atoms with Crippen molar-refractivity contribution in [2.45, 2.75) is 108 Å². The lowest BCUT2D eigenvalue weighted by atomic mass is 10.1. The third-order valence-corrected chi connectivity index (χ3v) is 20.5. The second-order valence-electron chi connectivity index (χ2n) is 22.7. The summed E-state index contributed by atoms with van der Waals surface area (Å²) in [6, 6.07) is 16.7. The lowest BCUT2D eigenvalue weighted by Gasteiger charge is -2.17. The summed E-state index contributed by atoms with van der Waals surface area (Å²) in [5.74, 6) is 11.6. The summed E-state index contributed by atoms with van der Waals surface area (Å²) in [5, 5.41) is 30.0. The molecule has 8 aromatic rings. The zero-order chi connectivity index (χ0) is 78.0. The van der Waals surface area contributed by atoms with Crippen LogP contribution in [0, 0.1) is 35.5 Å². The topological polar surface area (TPSA) is 500 Å². The molecular weight excluding hydrogens is 1520 g/mol. The van der Waals surface area contributed by atoms with E-state index in [1.807, 2.05) is 17.7 Å². The first-order valence-electron chi connectivity index (χ1n) is 32.3. The Hall–Kier alpha value is -11.2. The minimum absolute atomic E-state index is 0. The Bertz CT molecular complexity index is 4710. The molecule has 110 heavy (non-hydrogen) atoms. The lowest BCUT2D eigenvalue weighted by molar-refractivity contribution is -0.173. The van der Waals surface area contributed by atoms with Crippen molar-refractivity contribution in [3.63, 3.8) is 0 Å². The summed E-state index contributed by atoms with van der Waals surface area (Å²) >= 11 is 0. The Morgan fingerprint density at radius 3 is 1.42 bits per heavy atom. The second-order valence-corrected chi connectivity index (χ2v) is 28.2. The number of anilines is 3. The number of carbonyl (C=O) groups is 4. The van der Waals surface area contributed by atoms with Gasteiger partial charge in [-0.15, -0.1) is 0 Å². The number of azide groups is 3. The molecule has 2 aromatic carbocycles. The first kappa shape index (κ1) is 84.4. The van der Waals surface area contributed by atoms with Gasteiger partial charge >= 0.3 is 24.2 Å². The third-order valence-electron chi connectivity index (χ3n) is 16.1. The Morgan fingerprint density at radius 1 is 0.618 bits per heavy atom. The van der Waals surface area contributed by atoms with E-state index in [2.05, 4.69) is 106 Å². The monoisotopic (exact) mass is 1580 g/mol. The van der Waals surface area contributed by atoms with Crippen LogP contribution in [0.2, 0.25) is 0 Å². The first-order chi connectivity index (χ1) is 52.6. The number of nitrogens with one attached hydrogen (secondary N) is 4. The van der Waals surface area contributed by atoms with Gasteiger partial charge < -0.3 is 80.0 Å². The van der Waals surface area contributed by atoms with Crippen molar-refractivity contribution in [1.82, 2.24) is 54.2 Å². The summed E-state index contributed by atoms with van der Waals surface area (Å²) in [4.78, 5) is 81.4. The molecule has 0 saturated carbocycles. The molecule has 0 spiro atoms. The van der Waals surface area contributed by atoms with Crippen LogP contribution in [0.25, 0.3) is 64.4 Å². The molecule has 5 unspecified atom stereocenters. The quantitative estimate of drug-likeness (QED) is 0.00562. The van der Waals surface area contributed by atoms with Gasteiger partial charge in [0.2, 0.25) is 0 Å². The third kappa shape index (κ3) is 22.0. The average Bonchev–Trinajstić information content (AvgIpc) is 1.62. The van der Waals surface area contributed by atoms with Gasteiger partial charge in [-0.1, -0.05) is 110 Å². The molecule has 4 amide bonds. The van der Waals surface area contributed by atoms with Crippen LogP contribution in [0.1, 0.15) is 96.1 Å². The molecule has 11 atom stereocenters. The van der Waals surface area contributed by atoms with E-state index >= 15 is 0 Å². The minimum atomic E-state index is -5.05. The fourth-order valence-corrected chi connectivity index (χ4v) is 14.5. The summed E-state index contributed by atoms with van der Waals surface area (Å²) < 4.78 is 126. The van der Waals surface area contributed by atoms with Crippen LogP contribution < -0.4 is 32.7 Å². The first-order valence-corrected chi connectivity index (χ1v) is 37.2. The molecule has 36 nitrogen and oxygen atoms in total. The number of aromatic nitrogens is 9. The smallest absolute Gasteiger partial charge is 0.394 e. The number of ether oxygens (including phenoxy) is 6. The van der Waals surface area contributed by atoms with Crippen LogP contribution in [0.4, 0.5) is 43.8 Å². The van der Waals surface area contributed by atoms with Gasteiger partial charge in [0, 0.05) is 63.7 Å². The molecule has 45 heteroatoms. The van der Waals surface area contributed by atoms with Crippen molar-refractivity contribution in [1.29, 1.82) is 0 Å². The molecule has 9 N–H and O–H groups in total. The van der Waals surface area contributed by atoms with E-state index in [-0.39, 0.29) is 113 Å². The number of aliphatic hydroxyl groups excluding tert-OH is 1. The maximum atomic E-state index is 12.9. The molecule has 9 heterocycles. The number of aliphatic hydroxyl groups is 1. The number of rotatable bonds is 24. The van der Waals surface area contributed by atoms with E-state index in [0.717, 1.165) is 0 Å². The second kappa shape index (κ2) is 40.8. The molecular formula is C65H67F6N24O12P3. The SMILES string of the molecule is C.CC[C@H]1O[C@@H](n2cc(C#CCNC(=O)C(F)(F)F)c3c(NC(=O)c4ccccc4)ncnc32)CC1OCN=[N+]=[N-].[N-]=[N+]=NCOC1C[C@H](n2cc(C#CCN)c3c(N)ncnc32)O[C@@H]1CPPP=O.[N-]=[N+]=NCOC1C[C@H](n2cc(C#CCNC(=O)C(F)(F)F)c3c(NC(=O)c4ccccc4)ncnc32)O[C@@H]1CO. The number of amides is 4. The number of benzene rings is 2. The number of fused-ring (bicyclic) bond motifs is 3. The zero-order valence-electron chi connectivity index (χ0n) is 56.8. The standard InChI is InChI=1S/C25H23F3N8O4.C24H21F3N8O5.C15H19N8O3P3.CH4/c1-2-17-18(39-14-33-35-29)11-19(40-17)36-12-16(9-6-10-30-24(38)25(26,27)28)20-21(31-13-32-22(20)36)34-23(37)15-7-4-3-5-8-15;25-24(26,27)23(38)29-8-4-7-15-10-35(18-9-16(17(11-36)40-18)39-13-32-34-28)21-19(15)20(30-12-31-21)33-22(37)14-5-2-1-3-6-14;16-3-1-2-9-5-23(15-13(9)14(17)19-7-20-15)12-4-10(25-8-21-22-18)11(26-12)6-27-29-28-24;/h3-5,7-8,12-13,17-19H,2,10-11,14H2,1H3,(H,30,38)(H,31,32,34,37);1-3,5-6,10,12,16-18,36H,8-9,11,13H2,(H,29,38)(H,30,31,33,37);5,7,10-12,27,29H,3-4,6,8,16H2,(H2,17,19,20);1H4/t17-,18?,19-;16?,17-,18-;10?,11-,12-;/m111./s1. The van der Waals surface area contributed by atoms with Crippen LogP contribution in [0.15, 0.2) is 114 Å². The number of hydrogen-bond acceptors (Lipinski definition) is 23. The minimum Gasteiger partial charge on any atom is -0.394 e. The van der Waals surface area contributed by atoms with Crippen LogP contribution in [0.5, 0.6) is 0 Å². The van der Waals surface area contributed by atoms with Gasteiger partial charge in [-0.2, -0.15) is 26.3 Å². The molecule has 576 valence electrons. The highest BCUT2D eigenvalue weighted by Gasteiger charge is 2.42. The number of carbonyl (C=O) groups excluding carboxylic acids is 4. The summed E-state index contributed by atoms with van der Waals surface area (Å²) in [6.45, 7) is 0.0402. The predicted octanol–water partition coefficient (Wildman–Crippen LogP) is 10.1. The van der Waals surface area contributed by atoms with Gasteiger partial charge in [0.25, 0.3) is 11.8 Å². The van der Waals surface area contributed by atoms with Gasteiger partial charge in [-0.3, -0.25) is 23.7 Å². The zero-order valence-corrected chi connectivity index (χ0v) is 59.7. The molecule has 3 aliphatic rings. The summed E-state index contributed by atoms with van der Waals surface area (Å²) in [7, 11) is 0.964. The Balaban J connectivity index is 0.000000209. The maximum Gasteiger partial charge on any atom is 0.471 e. The molecule has 0 radical (unpaired) electrons. The van der Waals surface area contributed by atoms with Gasteiger partial charge in [-0.05, 0) is 61.4 Å². The number of alkyl halides is 6. The Morgan fingerprint density at radius 2 is 1.01 bits per heavy atom. The highest BCUT2D eigenvalue weighted by molar-refractivity contribution is 8.40. The maximum absolute atomic E-state index is 12.9. The van der Waals surface area contributed by atoms with Crippen molar-refractivity contribution in [2.75, 3.05) is 69.0 Å². The van der Waals surface area contributed by atoms with E-state index in [1.165, 1.54) is 25.2 Å². The van der Waals surface area contributed by atoms with Crippen LogP contribution in [-0.2, 0) is 42.6 Å². The van der Waals surface area contributed by atoms with Crippen molar-refractivity contribution in [2.24, 2.45) is 21.1 Å². The number of hydrogen-bond donors (Lipinski definition) is 7. The molecule has 0 aliphatic carbocycles. The fourth-order valence-electron chi connectivity index (χ4n) is 11.3. The molecule has 3 fully saturated rings. The average molecular weight is 1580 g/mol. The van der Waals surface area contributed by atoms with Crippen molar-refractivity contribution in [3.05, 3.63) is 157 Å². The van der Waals surface area contributed by atoms with Gasteiger partial charge in [0.1, 0.15) is 98.4 Å². The lowest BCUT2D eigenvalue weighted by Crippen LogP contribution is -2.36. The number of nitrogens with two attached hydrogens (primary N) is 2. The molecule has 0 bridgehead atoms. The summed E-state index contributed by atoms with van der Waals surface area (Å²) in [6.07, 6.45) is -3.16. The van der Waals surface area contributed by atoms with E-state index in [1.54, 1.807) is 86.6 Å². The van der Waals surface area contributed by atoms with Gasteiger partial charge in [0.05, 0.1) is 89.6 Å². The highest BCUT2D eigenvalue weighted by Crippen LogP contribution is 2.49. The van der Waals surface area contributed by atoms with Crippen LogP contribution >= 0.6 is 24.4 Å². The van der Waals surface area contributed by atoms with E-state index in [4.69, 9.17) is 56.5 Å². The normalized spacial score (nSPS) is 19.2. The molecule has 11 rings (SSSR count). The van der Waals surface area contributed by atoms with Gasteiger partial charge in [0.15, 0.2) is 8.15 Å². The number of nitrogens with zero attached hydrogens (tertiary/aromatic N) is 18. The largest absolute Gasteiger partial charge is 0.471 e. The summed E-state index contributed by atoms with van der Waals surface area (Å²) in [5.41, 5.74) is 40.2. The molecule has 6 aromatic heterocycles. The van der Waals surface area contributed by atoms with E-state index in [0.29, 0.717) is 86.2 Å². The Labute approximate surface area is 624 Å². The Kier molecular flexibility index (Phi) is 31.4. The van der Waals surface area contributed by atoms with Crippen molar-refractivity contribution >= 4 is 98.6 Å². The van der Waals surface area contributed by atoms with E-state index in [9.17, 15) is 55.2 Å². The van der Waals surface area contributed by atoms with Crippen molar-refractivity contribution < 1.29 is 83.6 Å². The van der Waals surface area contributed by atoms with Crippen LogP contribution in [0.3, 0.4) is 0 Å². The van der Waals surface area contributed by atoms with Crippen molar-refractivity contribution in [3.8, 4) is 35.5 Å². The number of halogens is 6.